The highest BCUT2D eigenvalue weighted by Crippen LogP contribution is 2.50. The number of piperidine rings is 1. The summed E-state index contributed by atoms with van der Waals surface area (Å²) >= 11 is 0. The van der Waals surface area contributed by atoms with E-state index in [0.29, 0.717) is 17.9 Å². The summed E-state index contributed by atoms with van der Waals surface area (Å²) in [6.07, 6.45) is 6.68. The number of ketones is 1. The maximum absolute atomic E-state index is 11.8. The molecule has 2 aliphatic carbocycles. The molecule has 3 aliphatic rings. The zero-order valence-electron chi connectivity index (χ0n) is 12.1. The van der Waals surface area contributed by atoms with E-state index in [-0.39, 0.29) is 5.92 Å². The molecule has 0 aromatic rings. The predicted octanol–water partition coefficient (Wildman–Crippen LogP) is 3.11. The molecule has 2 heteroatoms. The monoisotopic (exact) mass is 249 g/mol. The van der Waals surface area contributed by atoms with Gasteiger partial charge in [-0.3, -0.25) is 9.69 Å². The van der Waals surface area contributed by atoms with Crippen molar-refractivity contribution in [3.8, 4) is 0 Å². The minimum absolute atomic E-state index is 0.236. The molecule has 3 fully saturated rings. The highest BCUT2D eigenvalue weighted by Gasteiger charge is 2.45. The molecule has 1 heterocycles. The van der Waals surface area contributed by atoms with Crippen LogP contribution in [0.15, 0.2) is 0 Å². The van der Waals surface area contributed by atoms with E-state index in [1.807, 2.05) is 0 Å². The Morgan fingerprint density at radius 3 is 2.61 bits per heavy atom. The van der Waals surface area contributed by atoms with Gasteiger partial charge >= 0.3 is 0 Å². The van der Waals surface area contributed by atoms with Crippen molar-refractivity contribution < 1.29 is 4.79 Å². The Morgan fingerprint density at radius 1 is 1.22 bits per heavy atom. The van der Waals surface area contributed by atoms with Crippen LogP contribution in [0.1, 0.15) is 52.9 Å². The van der Waals surface area contributed by atoms with Crippen LogP contribution in [-0.2, 0) is 4.79 Å². The van der Waals surface area contributed by atoms with Gasteiger partial charge in [0.1, 0.15) is 5.78 Å². The topological polar surface area (TPSA) is 20.3 Å². The van der Waals surface area contributed by atoms with Crippen molar-refractivity contribution in [2.75, 3.05) is 6.54 Å². The molecule has 1 aliphatic heterocycles. The van der Waals surface area contributed by atoms with Crippen molar-refractivity contribution in [2.24, 2.45) is 23.7 Å². The summed E-state index contributed by atoms with van der Waals surface area (Å²) in [6.45, 7) is 7.79. The van der Waals surface area contributed by atoms with Gasteiger partial charge < -0.3 is 0 Å². The first-order valence-corrected chi connectivity index (χ1v) is 7.86. The molecular formula is C16H27NO. The summed E-state index contributed by atoms with van der Waals surface area (Å²) in [4.78, 5) is 14.4. The van der Waals surface area contributed by atoms with Gasteiger partial charge in [0.15, 0.2) is 0 Å². The van der Waals surface area contributed by atoms with Gasteiger partial charge in [0.05, 0.1) is 0 Å². The highest BCUT2D eigenvalue weighted by atomic mass is 16.1. The number of Topliss-reactive ketones (excluding diaryl/α,β-unsaturated/α-hetero) is 1. The van der Waals surface area contributed by atoms with Crippen LogP contribution < -0.4 is 0 Å². The van der Waals surface area contributed by atoms with E-state index in [4.69, 9.17) is 0 Å². The third kappa shape index (κ3) is 1.93. The molecule has 2 nitrogen and oxygen atoms in total. The summed E-state index contributed by atoms with van der Waals surface area (Å²) < 4.78 is 0. The fraction of sp³-hybridized carbons (Fsp3) is 0.938. The molecule has 18 heavy (non-hydrogen) atoms. The van der Waals surface area contributed by atoms with E-state index in [1.54, 1.807) is 0 Å². The number of fused-ring (bicyclic) bond motifs is 2. The average molecular weight is 249 g/mol. The molecule has 3 rings (SSSR count). The molecule has 0 radical (unpaired) electrons. The molecular weight excluding hydrogens is 222 g/mol. The average Bonchev–Trinajstić information content (AvgIpc) is 2.97. The van der Waals surface area contributed by atoms with Gasteiger partial charge in [0.2, 0.25) is 0 Å². The van der Waals surface area contributed by atoms with Crippen LogP contribution in [0.25, 0.3) is 0 Å². The van der Waals surface area contributed by atoms with Gasteiger partial charge in [-0.1, -0.05) is 13.3 Å². The standard InChI is InChI=1S/C16H27NO/c1-10-11(2)17(7-6-16(10)18)12(3)15-9-13-4-5-14(15)8-13/h10-15H,4-9H2,1-3H3. The van der Waals surface area contributed by atoms with E-state index in [2.05, 4.69) is 25.7 Å². The summed E-state index contributed by atoms with van der Waals surface area (Å²) in [5.74, 6) is 3.64. The predicted molar refractivity (Wildman–Crippen MR) is 73.4 cm³/mol. The van der Waals surface area contributed by atoms with Crippen LogP contribution in [0.4, 0.5) is 0 Å². The number of likely N-dealkylation sites (tertiary alicyclic amines) is 1. The van der Waals surface area contributed by atoms with Crippen molar-refractivity contribution >= 4 is 5.78 Å². The van der Waals surface area contributed by atoms with Crippen LogP contribution in [-0.4, -0.2) is 29.3 Å². The lowest BCUT2D eigenvalue weighted by Crippen LogP contribution is -2.53. The molecule has 0 N–H and O–H groups in total. The molecule has 2 bridgehead atoms. The Morgan fingerprint density at radius 2 is 2.00 bits per heavy atom. The molecule has 2 saturated carbocycles. The van der Waals surface area contributed by atoms with Gasteiger partial charge in [-0.25, -0.2) is 0 Å². The van der Waals surface area contributed by atoms with Gasteiger partial charge in [-0.15, -0.1) is 0 Å². The second-order valence-electron chi connectivity index (χ2n) is 7.06. The lowest BCUT2D eigenvalue weighted by molar-refractivity contribution is -0.129. The summed E-state index contributed by atoms with van der Waals surface area (Å²) in [6, 6.07) is 1.13. The molecule has 0 aromatic carbocycles. The number of hydrogen-bond donors (Lipinski definition) is 0. The van der Waals surface area contributed by atoms with Crippen molar-refractivity contribution in [3.63, 3.8) is 0 Å². The van der Waals surface area contributed by atoms with E-state index in [0.717, 1.165) is 30.7 Å². The van der Waals surface area contributed by atoms with Crippen molar-refractivity contribution in [1.29, 1.82) is 0 Å². The normalized spacial score (nSPS) is 46.6. The number of carbonyl (C=O) groups excluding carboxylic acids is 1. The van der Waals surface area contributed by atoms with Crippen molar-refractivity contribution in [1.82, 2.24) is 4.90 Å². The quantitative estimate of drug-likeness (QED) is 0.749. The maximum atomic E-state index is 11.8. The summed E-state index contributed by atoms with van der Waals surface area (Å²) in [5.41, 5.74) is 0. The van der Waals surface area contributed by atoms with Crippen molar-refractivity contribution in [3.05, 3.63) is 0 Å². The third-order valence-corrected chi connectivity index (χ3v) is 6.31. The Kier molecular flexibility index (Phi) is 3.25. The Hall–Kier alpha value is -0.370. The number of hydrogen-bond acceptors (Lipinski definition) is 2. The van der Waals surface area contributed by atoms with Crippen LogP contribution in [0.2, 0.25) is 0 Å². The molecule has 1 saturated heterocycles. The number of carbonyl (C=O) groups is 1. The van der Waals surface area contributed by atoms with E-state index >= 15 is 0 Å². The number of rotatable bonds is 2. The minimum atomic E-state index is 0.236. The first kappa shape index (κ1) is 12.7. The lowest BCUT2D eigenvalue weighted by atomic mass is 9.80. The van der Waals surface area contributed by atoms with Crippen LogP contribution in [0.3, 0.4) is 0 Å². The molecule has 102 valence electrons. The first-order chi connectivity index (χ1) is 8.58. The minimum Gasteiger partial charge on any atom is -0.299 e. The Balaban J connectivity index is 1.69. The summed E-state index contributed by atoms with van der Waals surface area (Å²) in [5, 5.41) is 0. The Labute approximate surface area is 111 Å². The smallest absolute Gasteiger partial charge is 0.138 e. The van der Waals surface area contributed by atoms with Gasteiger partial charge in [-0.2, -0.15) is 0 Å². The van der Waals surface area contributed by atoms with Gasteiger partial charge in [0.25, 0.3) is 0 Å². The van der Waals surface area contributed by atoms with Gasteiger partial charge in [0, 0.05) is 31.0 Å². The number of nitrogens with zero attached hydrogens (tertiary/aromatic N) is 1. The van der Waals surface area contributed by atoms with Crippen LogP contribution in [0, 0.1) is 23.7 Å². The molecule has 6 unspecified atom stereocenters. The molecule has 6 atom stereocenters. The lowest BCUT2D eigenvalue weighted by Gasteiger charge is -2.44. The summed E-state index contributed by atoms with van der Waals surface area (Å²) in [7, 11) is 0. The first-order valence-electron chi connectivity index (χ1n) is 7.86. The SMILES string of the molecule is CC1C(=O)CCN(C(C)C2CC3CCC2C3)C1C. The molecule has 0 amide bonds. The van der Waals surface area contributed by atoms with Crippen LogP contribution >= 0.6 is 0 Å². The maximum Gasteiger partial charge on any atom is 0.138 e. The van der Waals surface area contributed by atoms with Crippen molar-refractivity contribution in [2.45, 2.75) is 65.0 Å². The second-order valence-corrected chi connectivity index (χ2v) is 7.06. The van der Waals surface area contributed by atoms with E-state index < -0.39 is 0 Å². The third-order valence-electron chi connectivity index (χ3n) is 6.31. The van der Waals surface area contributed by atoms with E-state index in [9.17, 15) is 4.79 Å². The molecule has 0 spiro atoms. The fourth-order valence-electron chi connectivity index (χ4n) is 4.93. The largest absolute Gasteiger partial charge is 0.299 e. The van der Waals surface area contributed by atoms with Gasteiger partial charge in [-0.05, 0) is 50.9 Å². The zero-order chi connectivity index (χ0) is 12.9. The highest BCUT2D eigenvalue weighted by molar-refractivity contribution is 5.82. The fourth-order valence-corrected chi connectivity index (χ4v) is 4.93. The van der Waals surface area contributed by atoms with Crippen LogP contribution in [0.5, 0.6) is 0 Å². The Bertz CT molecular complexity index is 340. The zero-order valence-corrected chi connectivity index (χ0v) is 12.1. The molecule has 0 aromatic heterocycles. The van der Waals surface area contributed by atoms with E-state index in [1.165, 1.54) is 25.7 Å². The second kappa shape index (κ2) is 4.63.